The van der Waals surface area contributed by atoms with Crippen molar-refractivity contribution in [3.63, 3.8) is 0 Å². The Morgan fingerprint density at radius 3 is 2.68 bits per heavy atom. The van der Waals surface area contributed by atoms with E-state index in [9.17, 15) is 9.59 Å². The smallest absolute Gasteiger partial charge is 0.139 e. The number of carbonyl (C=O) groups is 2. The average molecular weight is 302 g/mol. The van der Waals surface area contributed by atoms with Gasteiger partial charge in [-0.2, -0.15) is 0 Å². The van der Waals surface area contributed by atoms with Crippen LogP contribution in [-0.4, -0.2) is 23.3 Å². The predicted molar refractivity (Wildman–Crippen MR) is 81.2 cm³/mol. The first kappa shape index (κ1) is 13.7. The van der Waals surface area contributed by atoms with Gasteiger partial charge in [0.2, 0.25) is 0 Å². The summed E-state index contributed by atoms with van der Waals surface area (Å²) in [5.41, 5.74) is -0.0157. The molecule has 3 heteroatoms. The van der Waals surface area contributed by atoms with Crippen LogP contribution < -0.4 is 0 Å². The number of hydrogen-bond acceptors (Lipinski definition) is 3. The van der Waals surface area contributed by atoms with Gasteiger partial charge in [0.1, 0.15) is 17.2 Å². The van der Waals surface area contributed by atoms with Crippen molar-refractivity contribution in [2.45, 2.75) is 76.9 Å². The number of rotatable bonds is 0. The van der Waals surface area contributed by atoms with Crippen molar-refractivity contribution in [2.75, 3.05) is 0 Å². The first-order valence-corrected chi connectivity index (χ1v) is 9.14. The maximum absolute atomic E-state index is 12.4. The van der Waals surface area contributed by atoms with Crippen LogP contribution in [0.15, 0.2) is 0 Å². The third kappa shape index (κ3) is 1.35. The Balaban J connectivity index is 1.54. The molecule has 0 aromatic carbocycles. The van der Waals surface area contributed by atoms with Gasteiger partial charge >= 0.3 is 0 Å². The fourth-order valence-electron chi connectivity index (χ4n) is 7.23. The Morgan fingerprint density at radius 2 is 1.86 bits per heavy atom. The van der Waals surface area contributed by atoms with Crippen molar-refractivity contribution < 1.29 is 14.3 Å². The van der Waals surface area contributed by atoms with Gasteiger partial charge in [-0.15, -0.1) is 0 Å². The first-order valence-electron chi connectivity index (χ1n) is 9.14. The molecule has 0 amide bonds. The van der Waals surface area contributed by atoms with Crippen LogP contribution in [0.2, 0.25) is 0 Å². The molecule has 0 bridgehead atoms. The first-order chi connectivity index (χ1) is 10.4. The highest BCUT2D eigenvalue weighted by Gasteiger charge is 2.76. The predicted octanol–water partition coefficient (Wildman–Crippen LogP) is 3.30. The van der Waals surface area contributed by atoms with E-state index in [-0.39, 0.29) is 16.4 Å². The Labute approximate surface area is 132 Å². The summed E-state index contributed by atoms with van der Waals surface area (Å²) in [6, 6.07) is 0. The molecule has 4 saturated carbocycles. The Hall–Kier alpha value is -0.700. The van der Waals surface area contributed by atoms with Crippen LogP contribution in [0.1, 0.15) is 65.2 Å². The minimum absolute atomic E-state index is 0.0586. The second-order valence-electron chi connectivity index (χ2n) is 9.16. The van der Waals surface area contributed by atoms with Crippen molar-refractivity contribution in [3.05, 3.63) is 0 Å². The quantitative estimate of drug-likeness (QED) is 0.645. The Morgan fingerprint density at radius 1 is 1.05 bits per heavy atom. The molecule has 22 heavy (non-hydrogen) atoms. The van der Waals surface area contributed by atoms with Gasteiger partial charge < -0.3 is 4.74 Å². The van der Waals surface area contributed by atoms with Gasteiger partial charge in [-0.05, 0) is 49.9 Å². The molecule has 1 aliphatic heterocycles. The minimum atomic E-state index is -0.125. The van der Waals surface area contributed by atoms with E-state index in [4.69, 9.17) is 4.74 Å². The maximum atomic E-state index is 12.4. The molecule has 1 saturated heterocycles. The molecule has 1 spiro atoms. The molecule has 0 aromatic heterocycles. The standard InChI is InChI=1S/C19H26O3/c1-17-7-6-14-12(13(17)3-4-15(17)21)9-16-19(22-16)10-11(20)5-8-18(14,19)2/h12-14,16H,3-10H2,1-2H3/t12-,13-,14+,16?,17-,18+,19?/m0/s1. The van der Waals surface area contributed by atoms with Crippen LogP contribution >= 0.6 is 0 Å². The van der Waals surface area contributed by atoms with Crippen molar-refractivity contribution in [2.24, 2.45) is 28.6 Å². The van der Waals surface area contributed by atoms with E-state index in [1.165, 1.54) is 0 Å². The monoisotopic (exact) mass is 302 g/mol. The second-order valence-corrected chi connectivity index (χ2v) is 9.16. The average Bonchev–Trinajstić information content (AvgIpc) is 3.08. The number of fused-ring (bicyclic) bond motifs is 4. The summed E-state index contributed by atoms with van der Waals surface area (Å²) < 4.78 is 6.24. The lowest BCUT2D eigenvalue weighted by Gasteiger charge is -2.57. The topological polar surface area (TPSA) is 46.7 Å². The summed E-state index contributed by atoms with van der Waals surface area (Å²) >= 11 is 0. The van der Waals surface area contributed by atoms with Crippen molar-refractivity contribution in [1.29, 1.82) is 0 Å². The van der Waals surface area contributed by atoms with Crippen molar-refractivity contribution in [3.8, 4) is 0 Å². The lowest BCUT2D eigenvalue weighted by Crippen LogP contribution is -2.58. The Bertz CT molecular complexity index is 583. The number of epoxide rings is 1. The van der Waals surface area contributed by atoms with Gasteiger partial charge in [-0.1, -0.05) is 13.8 Å². The highest BCUT2D eigenvalue weighted by Crippen LogP contribution is 2.72. The molecule has 0 aromatic rings. The molecule has 2 unspecified atom stereocenters. The van der Waals surface area contributed by atoms with E-state index in [0.717, 1.165) is 44.9 Å². The fourth-order valence-corrected chi connectivity index (χ4v) is 7.23. The third-order valence-electron chi connectivity index (χ3n) is 8.62. The summed E-state index contributed by atoms with van der Waals surface area (Å²) in [4.78, 5) is 24.4. The summed E-state index contributed by atoms with van der Waals surface area (Å²) in [5.74, 6) is 2.77. The second kappa shape index (κ2) is 3.85. The summed E-state index contributed by atoms with van der Waals surface area (Å²) in [5, 5.41) is 0. The van der Waals surface area contributed by atoms with Gasteiger partial charge in [0.05, 0.1) is 6.10 Å². The maximum Gasteiger partial charge on any atom is 0.139 e. The zero-order valence-electron chi connectivity index (χ0n) is 13.7. The lowest BCUT2D eigenvalue weighted by molar-refractivity contribution is -0.140. The zero-order valence-corrected chi connectivity index (χ0v) is 13.7. The van der Waals surface area contributed by atoms with Crippen molar-refractivity contribution in [1.82, 2.24) is 0 Å². The van der Waals surface area contributed by atoms with Crippen molar-refractivity contribution >= 4 is 11.6 Å². The number of hydrogen-bond donors (Lipinski definition) is 0. The van der Waals surface area contributed by atoms with Crippen LogP contribution in [0.4, 0.5) is 0 Å². The largest absolute Gasteiger partial charge is 0.365 e. The number of ether oxygens (including phenoxy) is 1. The normalized spacial score (nSPS) is 59.4. The van der Waals surface area contributed by atoms with Gasteiger partial charge in [-0.3, -0.25) is 9.59 Å². The zero-order chi connectivity index (χ0) is 15.3. The van der Waals surface area contributed by atoms with Crippen LogP contribution in [-0.2, 0) is 14.3 Å². The molecule has 4 aliphatic carbocycles. The summed E-state index contributed by atoms with van der Waals surface area (Å²) in [7, 11) is 0. The van der Waals surface area contributed by atoms with E-state index in [0.29, 0.717) is 41.8 Å². The van der Waals surface area contributed by atoms with Crippen LogP contribution in [0.5, 0.6) is 0 Å². The summed E-state index contributed by atoms with van der Waals surface area (Å²) in [6.45, 7) is 4.63. The van der Waals surface area contributed by atoms with E-state index >= 15 is 0 Å². The highest BCUT2D eigenvalue weighted by molar-refractivity contribution is 5.87. The molecule has 5 rings (SSSR count). The molecular formula is C19H26O3. The molecule has 3 nitrogen and oxygen atoms in total. The third-order valence-corrected chi connectivity index (χ3v) is 8.62. The van der Waals surface area contributed by atoms with Crippen LogP contribution in [0.25, 0.3) is 0 Å². The molecule has 5 fully saturated rings. The number of ketones is 2. The van der Waals surface area contributed by atoms with Crippen LogP contribution in [0.3, 0.4) is 0 Å². The summed E-state index contributed by atoms with van der Waals surface area (Å²) in [6.07, 6.45) is 7.87. The molecule has 5 aliphatic rings. The van der Waals surface area contributed by atoms with E-state index in [1.807, 2.05) is 0 Å². The minimum Gasteiger partial charge on any atom is -0.365 e. The molecule has 120 valence electrons. The van der Waals surface area contributed by atoms with Gasteiger partial charge in [0, 0.05) is 30.1 Å². The molecule has 1 heterocycles. The molecule has 0 N–H and O–H groups in total. The Kier molecular flexibility index (Phi) is 2.40. The number of Topliss-reactive ketones (excluding diaryl/α,β-unsaturated/α-hetero) is 2. The van der Waals surface area contributed by atoms with E-state index < -0.39 is 0 Å². The molecule has 0 radical (unpaired) electrons. The van der Waals surface area contributed by atoms with Gasteiger partial charge in [0.25, 0.3) is 0 Å². The van der Waals surface area contributed by atoms with Crippen LogP contribution in [0, 0.1) is 28.6 Å². The fraction of sp³-hybridized carbons (Fsp3) is 0.895. The van der Waals surface area contributed by atoms with Gasteiger partial charge in [-0.25, -0.2) is 0 Å². The molecular weight excluding hydrogens is 276 g/mol. The molecule has 7 atom stereocenters. The van der Waals surface area contributed by atoms with Gasteiger partial charge in [0.15, 0.2) is 0 Å². The highest BCUT2D eigenvalue weighted by atomic mass is 16.6. The lowest BCUT2D eigenvalue weighted by atomic mass is 9.45. The number of carbonyl (C=O) groups excluding carboxylic acids is 2. The SMILES string of the molecule is C[C@]12CC[C@@H]3[C@@H](CC4OC45CC(=O)CC[C@]35C)[C@@H]1CCC2=O. The van der Waals surface area contributed by atoms with E-state index in [1.54, 1.807) is 0 Å². The van der Waals surface area contributed by atoms with E-state index in [2.05, 4.69) is 13.8 Å².